The highest BCUT2D eigenvalue weighted by Crippen LogP contribution is 2.27. The summed E-state index contributed by atoms with van der Waals surface area (Å²) in [5.74, 6) is -0.819. The Morgan fingerprint density at radius 2 is 1.53 bits per heavy atom. The van der Waals surface area contributed by atoms with Crippen molar-refractivity contribution in [2.75, 3.05) is 17.4 Å². The van der Waals surface area contributed by atoms with Gasteiger partial charge in [-0.2, -0.15) is 0 Å². The number of carbonyl (C=O) groups is 2. The maximum Gasteiger partial charge on any atom is 0.264 e. The van der Waals surface area contributed by atoms with E-state index in [-0.39, 0.29) is 17.3 Å². The molecule has 3 aromatic rings. The first-order valence-electron chi connectivity index (χ1n) is 12.5. The number of rotatable bonds is 11. The van der Waals surface area contributed by atoms with Crippen LogP contribution < -0.4 is 9.62 Å². The number of nitrogens with zero attached hydrogens (tertiary/aromatic N) is 2. The molecule has 0 saturated carbocycles. The molecule has 0 aliphatic heterocycles. The average Bonchev–Trinajstić information content (AvgIpc) is 2.88. The van der Waals surface area contributed by atoms with Crippen molar-refractivity contribution in [3.05, 3.63) is 94.5 Å². The average molecular weight is 556 g/mol. The monoisotopic (exact) mass is 555 g/mol. The van der Waals surface area contributed by atoms with Crippen molar-refractivity contribution >= 4 is 39.1 Å². The second-order valence-electron chi connectivity index (χ2n) is 9.10. The predicted octanol–water partition coefficient (Wildman–Crippen LogP) is 5.10. The molecule has 0 unspecified atom stereocenters. The Morgan fingerprint density at radius 3 is 2.11 bits per heavy atom. The quantitative estimate of drug-likeness (QED) is 0.357. The van der Waals surface area contributed by atoms with Crippen LogP contribution in [0.2, 0.25) is 5.02 Å². The second-order valence-corrected chi connectivity index (χ2v) is 11.4. The maximum atomic E-state index is 14.0. The first kappa shape index (κ1) is 29.2. The molecule has 0 aliphatic rings. The highest BCUT2D eigenvalue weighted by Gasteiger charge is 2.33. The molecule has 0 heterocycles. The van der Waals surface area contributed by atoms with Crippen LogP contribution in [0.1, 0.15) is 37.0 Å². The van der Waals surface area contributed by atoms with E-state index in [9.17, 15) is 18.0 Å². The van der Waals surface area contributed by atoms with Gasteiger partial charge in [-0.3, -0.25) is 13.9 Å². The summed E-state index contributed by atoms with van der Waals surface area (Å²) >= 11 is 6.41. The van der Waals surface area contributed by atoms with E-state index in [0.717, 1.165) is 15.4 Å². The van der Waals surface area contributed by atoms with Gasteiger partial charge in [-0.25, -0.2) is 8.42 Å². The lowest BCUT2D eigenvalue weighted by Gasteiger charge is -2.33. The van der Waals surface area contributed by atoms with Crippen molar-refractivity contribution in [3.63, 3.8) is 0 Å². The minimum absolute atomic E-state index is 0.0558. The molecule has 7 nitrogen and oxygen atoms in total. The highest BCUT2D eigenvalue weighted by molar-refractivity contribution is 7.92. The summed E-state index contributed by atoms with van der Waals surface area (Å²) < 4.78 is 28.8. The highest BCUT2D eigenvalue weighted by atomic mass is 35.5. The van der Waals surface area contributed by atoms with Crippen molar-refractivity contribution in [2.24, 2.45) is 0 Å². The fraction of sp³-hybridized carbons (Fsp3) is 0.310. The minimum atomic E-state index is -4.10. The molecule has 0 spiro atoms. The molecule has 0 fully saturated rings. The number of benzene rings is 3. The lowest BCUT2D eigenvalue weighted by molar-refractivity contribution is -0.140. The molecule has 3 aromatic carbocycles. The summed E-state index contributed by atoms with van der Waals surface area (Å²) in [5.41, 5.74) is 2.77. The Balaban J connectivity index is 2.09. The zero-order valence-corrected chi connectivity index (χ0v) is 23.7. The number of aryl methyl sites for hydroxylation is 2. The molecule has 3 rings (SSSR count). The van der Waals surface area contributed by atoms with Gasteiger partial charge in [-0.1, -0.05) is 61.0 Å². The number of carbonyl (C=O) groups excluding carboxylic acids is 2. The third-order valence-electron chi connectivity index (χ3n) is 6.14. The van der Waals surface area contributed by atoms with Gasteiger partial charge in [0.1, 0.15) is 12.6 Å². The minimum Gasteiger partial charge on any atom is -0.355 e. The number of likely N-dealkylation sites (N-methyl/N-ethyl adjacent to an activating group) is 1. The Bertz CT molecular complexity index is 1360. The molecule has 0 aromatic heterocycles. The van der Waals surface area contributed by atoms with E-state index >= 15 is 0 Å². The number of sulfonamides is 1. The van der Waals surface area contributed by atoms with Gasteiger partial charge < -0.3 is 10.2 Å². The van der Waals surface area contributed by atoms with E-state index in [4.69, 9.17) is 11.6 Å². The predicted molar refractivity (Wildman–Crippen MR) is 152 cm³/mol. The second kappa shape index (κ2) is 12.9. The van der Waals surface area contributed by atoms with E-state index in [1.165, 1.54) is 17.0 Å². The largest absolute Gasteiger partial charge is 0.355 e. The van der Waals surface area contributed by atoms with Gasteiger partial charge in [0.05, 0.1) is 10.6 Å². The number of anilines is 1. The van der Waals surface area contributed by atoms with Crippen molar-refractivity contribution in [1.29, 1.82) is 0 Å². The van der Waals surface area contributed by atoms with E-state index in [0.29, 0.717) is 29.2 Å². The van der Waals surface area contributed by atoms with Crippen LogP contribution >= 0.6 is 11.6 Å². The maximum absolute atomic E-state index is 14.0. The zero-order valence-electron chi connectivity index (χ0n) is 22.1. The number of amides is 2. The molecule has 202 valence electrons. The third-order valence-corrected chi connectivity index (χ3v) is 8.30. The summed E-state index contributed by atoms with van der Waals surface area (Å²) in [5, 5.41) is 3.25. The summed E-state index contributed by atoms with van der Waals surface area (Å²) in [4.78, 5) is 28.5. The van der Waals surface area contributed by atoms with E-state index in [2.05, 4.69) is 5.32 Å². The lowest BCUT2D eigenvalue weighted by atomic mass is 10.1. The van der Waals surface area contributed by atoms with Gasteiger partial charge in [0, 0.05) is 18.1 Å². The van der Waals surface area contributed by atoms with Crippen LogP contribution in [0.4, 0.5) is 5.69 Å². The van der Waals surface area contributed by atoms with Crippen molar-refractivity contribution < 1.29 is 18.0 Å². The van der Waals surface area contributed by atoms with Gasteiger partial charge in [0.15, 0.2) is 0 Å². The lowest BCUT2D eigenvalue weighted by Crippen LogP contribution is -2.52. The van der Waals surface area contributed by atoms with E-state index < -0.39 is 28.5 Å². The summed E-state index contributed by atoms with van der Waals surface area (Å²) in [6, 6.07) is 19.7. The van der Waals surface area contributed by atoms with E-state index in [1.54, 1.807) is 61.5 Å². The molecule has 0 bridgehead atoms. The molecule has 2 amide bonds. The molecular weight excluding hydrogens is 522 g/mol. The number of hydrogen-bond donors (Lipinski definition) is 1. The summed E-state index contributed by atoms with van der Waals surface area (Å²) in [6.45, 7) is 7.34. The van der Waals surface area contributed by atoms with Gasteiger partial charge in [-0.05, 0) is 74.2 Å². The molecule has 1 atom stereocenters. The van der Waals surface area contributed by atoms with Crippen molar-refractivity contribution in [1.82, 2.24) is 10.2 Å². The van der Waals surface area contributed by atoms with Gasteiger partial charge in [0.2, 0.25) is 11.8 Å². The SMILES string of the molecule is CCNC(=O)[C@@H](CC)N(Cc1ccccc1Cl)C(=O)CN(c1cc(C)cc(C)c1)S(=O)(=O)c1ccccc1. The molecule has 1 N–H and O–H groups in total. The standard InChI is InChI=1S/C29H34ClN3O4S/c1-5-27(29(35)31-6-2)32(19-23-12-10-11-15-26(23)30)28(34)20-33(24-17-21(3)16-22(4)18-24)38(36,37)25-13-8-7-9-14-25/h7-18,27H,5-6,19-20H2,1-4H3,(H,31,35)/t27-/m1/s1. The summed E-state index contributed by atoms with van der Waals surface area (Å²) in [6.07, 6.45) is 0.344. The Labute approximate surface area is 230 Å². The normalized spacial score (nSPS) is 12.0. The molecule has 0 saturated heterocycles. The number of nitrogens with one attached hydrogen (secondary N) is 1. The van der Waals surface area contributed by atoms with Crippen LogP contribution in [0.5, 0.6) is 0 Å². The van der Waals surface area contributed by atoms with Crippen LogP contribution in [0.15, 0.2) is 77.7 Å². The van der Waals surface area contributed by atoms with Crippen molar-refractivity contribution in [3.8, 4) is 0 Å². The smallest absolute Gasteiger partial charge is 0.264 e. The van der Waals surface area contributed by atoms with Gasteiger partial charge >= 0.3 is 0 Å². The van der Waals surface area contributed by atoms with E-state index in [1.807, 2.05) is 26.8 Å². The van der Waals surface area contributed by atoms with Gasteiger partial charge in [-0.15, -0.1) is 0 Å². The topological polar surface area (TPSA) is 86.8 Å². The zero-order chi connectivity index (χ0) is 27.9. The fourth-order valence-corrected chi connectivity index (χ4v) is 5.98. The summed E-state index contributed by atoms with van der Waals surface area (Å²) in [7, 11) is -4.10. The molecule has 9 heteroatoms. The Hall–Kier alpha value is -3.36. The van der Waals surface area contributed by atoms with Gasteiger partial charge in [0.25, 0.3) is 10.0 Å². The van der Waals surface area contributed by atoms with Crippen molar-refractivity contribution in [2.45, 2.75) is 51.6 Å². The molecule has 38 heavy (non-hydrogen) atoms. The Morgan fingerprint density at radius 1 is 0.921 bits per heavy atom. The molecule has 0 aliphatic carbocycles. The van der Waals surface area contributed by atoms with Crippen LogP contribution in [-0.4, -0.2) is 44.3 Å². The first-order valence-corrected chi connectivity index (χ1v) is 14.4. The molecule has 0 radical (unpaired) electrons. The molecular formula is C29H34ClN3O4S. The van der Waals surface area contributed by atoms with Crippen LogP contribution in [0.3, 0.4) is 0 Å². The third kappa shape index (κ3) is 6.94. The Kier molecular flexibility index (Phi) is 9.94. The number of hydrogen-bond acceptors (Lipinski definition) is 4. The first-order chi connectivity index (χ1) is 18.1. The van der Waals surface area contributed by atoms with Crippen LogP contribution in [0.25, 0.3) is 0 Å². The van der Waals surface area contributed by atoms with Crippen LogP contribution in [0, 0.1) is 13.8 Å². The van der Waals surface area contributed by atoms with Crippen LogP contribution in [-0.2, 0) is 26.2 Å². The fourth-order valence-electron chi connectivity index (χ4n) is 4.36. The number of halogens is 1.